The summed E-state index contributed by atoms with van der Waals surface area (Å²) in [5.41, 5.74) is 0. The van der Waals surface area contributed by atoms with E-state index >= 15 is 0 Å². The van der Waals surface area contributed by atoms with Gasteiger partial charge < -0.3 is 31.1 Å². The average molecular weight is 494 g/mol. The number of nitrogens with zero attached hydrogens (tertiary/aromatic N) is 1. The first-order valence-electron chi connectivity index (χ1n) is 14.2. The van der Waals surface area contributed by atoms with Gasteiger partial charge in [-0.25, -0.2) is 0 Å². The van der Waals surface area contributed by atoms with Gasteiger partial charge in [0.2, 0.25) is 0 Å². The summed E-state index contributed by atoms with van der Waals surface area (Å²) >= 11 is 0. The maximum atomic E-state index is 5.76. The fourth-order valence-corrected chi connectivity index (χ4v) is 3.95. The molecule has 0 spiro atoms. The lowest BCUT2D eigenvalue weighted by atomic mass is 10.0. The first kappa shape index (κ1) is 35.3. The van der Waals surface area contributed by atoms with Gasteiger partial charge in [-0.05, 0) is 19.3 Å². The highest BCUT2D eigenvalue weighted by Gasteiger charge is 2.13. The zero-order valence-electron chi connectivity index (χ0n) is 23.0. The summed E-state index contributed by atoms with van der Waals surface area (Å²) in [5, 5.41) is 0. The van der Waals surface area contributed by atoms with Crippen LogP contribution in [0.5, 0.6) is 0 Å². The van der Waals surface area contributed by atoms with Crippen LogP contribution in [0.1, 0.15) is 117 Å². The molecule has 0 bridgehead atoms. The molecule has 33 heavy (non-hydrogen) atoms. The summed E-state index contributed by atoms with van der Waals surface area (Å²) in [6.45, 7) is 11.2. The van der Waals surface area contributed by atoms with E-state index in [0.29, 0.717) is 26.4 Å². The largest absolute Gasteiger partial charge is 1.00 e. The highest BCUT2D eigenvalue weighted by Crippen LogP contribution is 2.13. The number of hydrogen-bond donors (Lipinski definition) is 0. The molecule has 5 heteroatoms. The zero-order chi connectivity index (χ0) is 23.6. The van der Waals surface area contributed by atoms with Crippen molar-refractivity contribution < 1.29 is 31.1 Å². The van der Waals surface area contributed by atoms with Crippen molar-refractivity contribution in [3.63, 3.8) is 0 Å². The van der Waals surface area contributed by atoms with Crippen LogP contribution < -0.4 is 12.4 Å². The lowest BCUT2D eigenvalue weighted by molar-refractivity contribution is -0.891. The molecule has 0 saturated heterocycles. The summed E-state index contributed by atoms with van der Waals surface area (Å²) in [6, 6.07) is 0. The second-order valence-electron chi connectivity index (χ2n) is 10.2. The quantitative estimate of drug-likeness (QED) is 0.125. The molecule has 0 aliphatic heterocycles. The van der Waals surface area contributed by atoms with Crippen molar-refractivity contribution in [1.82, 2.24) is 0 Å². The maximum absolute atomic E-state index is 5.76. The Morgan fingerprint density at radius 3 is 1.21 bits per heavy atom. The molecule has 0 aliphatic carbocycles. The zero-order valence-corrected chi connectivity index (χ0v) is 23.8. The molecular weight excluding hydrogens is 434 g/mol. The van der Waals surface area contributed by atoms with E-state index in [4.69, 9.17) is 14.2 Å². The normalized spacial score (nSPS) is 11.6. The van der Waals surface area contributed by atoms with Gasteiger partial charge in [0.05, 0.1) is 53.7 Å². The van der Waals surface area contributed by atoms with Crippen LogP contribution in [0.25, 0.3) is 0 Å². The van der Waals surface area contributed by atoms with E-state index in [2.05, 4.69) is 27.9 Å². The predicted octanol–water partition coefficient (Wildman–Crippen LogP) is 4.40. The number of hydrogen-bond acceptors (Lipinski definition) is 3. The second-order valence-corrected chi connectivity index (χ2v) is 10.2. The number of ether oxygens (including phenoxy) is 3. The van der Waals surface area contributed by atoms with Gasteiger partial charge in [-0.1, -0.05) is 97.3 Å². The van der Waals surface area contributed by atoms with E-state index in [0.717, 1.165) is 30.7 Å². The molecule has 0 atom stereocenters. The SMILES string of the molecule is CCCCCCCCCCCCCCCC[N+](C)(C)CCOCCOCCOCCCC.[Cl-]. The average Bonchev–Trinajstić information content (AvgIpc) is 2.77. The van der Waals surface area contributed by atoms with Crippen molar-refractivity contribution in [2.75, 3.05) is 66.8 Å². The van der Waals surface area contributed by atoms with Gasteiger partial charge >= 0.3 is 0 Å². The van der Waals surface area contributed by atoms with Crippen LogP contribution in [0.15, 0.2) is 0 Å². The Balaban J connectivity index is 0. The fourth-order valence-electron chi connectivity index (χ4n) is 3.95. The minimum absolute atomic E-state index is 0. The first-order chi connectivity index (χ1) is 15.6. The van der Waals surface area contributed by atoms with Crippen molar-refractivity contribution in [1.29, 1.82) is 0 Å². The van der Waals surface area contributed by atoms with E-state index in [1.54, 1.807) is 0 Å². The molecule has 0 aromatic heterocycles. The van der Waals surface area contributed by atoms with E-state index in [1.807, 2.05) is 0 Å². The Kier molecular flexibility index (Phi) is 30.3. The molecule has 0 fully saturated rings. The molecular formula is C28H60ClNO3. The summed E-state index contributed by atoms with van der Waals surface area (Å²) in [4.78, 5) is 0. The number of quaternary nitrogens is 1. The minimum atomic E-state index is 0. The Morgan fingerprint density at radius 2 is 0.758 bits per heavy atom. The monoisotopic (exact) mass is 493 g/mol. The highest BCUT2D eigenvalue weighted by atomic mass is 35.5. The van der Waals surface area contributed by atoms with E-state index in [1.165, 1.54) is 103 Å². The Morgan fingerprint density at radius 1 is 0.394 bits per heavy atom. The molecule has 4 nitrogen and oxygen atoms in total. The van der Waals surface area contributed by atoms with Crippen molar-refractivity contribution in [3.8, 4) is 0 Å². The smallest absolute Gasteiger partial charge is 0.102 e. The molecule has 0 amide bonds. The maximum Gasteiger partial charge on any atom is 0.102 e. The van der Waals surface area contributed by atoms with Crippen LogP contribution in [0.2, 0.25) is 0 Å². The third-order valence-electron chi connectivity index (χ3n) is 6.34. The van der Waals surface area contributed by atoms with Crippen LogP contribution in [0.4, 0.5) is 0 Å². The van der Waals surface area contributed by atoms with Crippen LogP contribution in [-0.4, -0.2) is 71.3 Å². The van der Waals surface area contributed by atoms with Gasteiger partial charge in [-0.3, -0.25) is 0 Å². The van der Waals surface area contributed by atoms with Gasteiger partial charge in [0.15, 0.2) is 0 Å². The van der Waals surface area contributed by atoms with Crippen LogP contribution in [0.3, 0.4) is 0 Å². The van der Waals surface area contributed by atoms with Crippen molar-refractivity contribution >= 4 is 0 Å². The van der Waals surface area contributed by atoms with Gasteiger partial charge in [-0.15, -0.1) is 0 Å². The van der Waals surface area contributed by atoms with Gasteiger partial charge in [0.25, 0.3) is 0 Å². The number of likely N-dealkylation sites (N-methyl/N-ethyl adjacent to an activating group) is 1. The van der Waals surface area contributed by atoms with Gasteiger partial charge in [0.1, 0.15) is 6.54 Å². The molecule has 0 aliphatic rings. The summed E-state index contributed by atoms with van der Waals surface area (Å²) in [7, 11) is 4.66. The molecule has 0 rings (SSSR count). The summed E-state index contributed by atoms with van der Waals surface area (Å²) < 4.78 is 17.8. The third-order valence-corrected chi connectivity index (χ3v) is 6.34. The summed E-state index contributed by atoms with van der Waals surface area (Å²) in [5.74, 6) is 0. The van der Waals surface area contributed by atoms with Gasteiger partial charge in [-0.2, -0.15) is 0 Å². The molecule has 0 N–H and O–H groups in total. The topological polar surface area (TPSA) is 27.7 Å². The van der Waals surface area contributed by atoms with Crippen molar-refractivity contribution in [2.24, 2.45) is 0 Å². The minimum Gasteiger partial charge on any atom is -1.00 e. The van der Waals surface area contributed by atoms with Gasteiger partial charge in [0, 0.05) is 6.61 Å². The van der Waals surface area contributed by atoms with Crippen LogP contribution in [-0.2, 0) is 14.2 Å². The van der Waals surface area contributed by atoms with Crippen molar-refractivity contribution in [2.45, 2.75) is 117 Å². The number of unbranched alkanes of at least 4 members (excludes halogenated alkanes) is 14. The summed E-state index contributed by atoms with van der Waals surface area (Å²) in [6.07, 6.45) is 22.3. The second kappa shape index (κ2) is 28.4. The highest BCUT2D eigenvalue weighted by molar-refractivity contribution is 4.49. The number of rotatable bonds is 27. The van der Waals surface area contributed by atoms with E-state index in [9.17, 15) is 0 Å². The van der Waals surface area contributed by atoms with Crippen LogP contribution in [0, 0.1) is 0 Å². The standard InChI is InChI=1S/C28H60NO3.ClH/c1-5-7-9-10-11-12-13-14-15-16-17-18-19-20-21-29(3,4)22-24-31-26-28-32-27-25-30-23-8-6-2;/h5-28H2,1-4H3;1H/q+1;/p-1. The number of halogens is 1. The first-order valence-corrected chi connectivity index (χ1v) is 14.2. The molecule has 0 radical (unpaired) electrons. The Bertz CT molecular complexity index is 356. The molecule has 0 unspecified atom stereocenters. The lowest BCUT2D eigenvalue weighted by Gasteiger charge is -2.29. The Labute approximate surface area is 214 Å². The fraction of sp³-hybridized carbons (Fsp3) is 1.00. The molecule has 202 valence electrons. The predicted molar refractivity (Wildman–Crippen MR) is 140 cm³/mol. The van der Waals surface area contributed by atoms with E-state index < -0.39 is 0 Å². The van der Waals surface area contributed by atoms with Crippen LogP contribution >= 0.6 is 0 Å². The molecule has 0 aromatic carbocycles. The molecule has 0 heterocycles. The molecule has 0 aromatic rings. The lowest BCUT2D eigenvalue weighted by Crippen LogP contribution is -3.00. The molecule has 0 saturated carbocycles. The van der Waals surface area contributed by atoms with Crippen molar-refractivity contribution in [3.05, 3.63) is 0 Å². The van der Waals surface area contributed by atoms with E-state index in [-0.39, 0.29) is 12.4 Å². The third kappa shape index (κ3) is 30.1. The Hall–Kier alpha value is 0.130.